The molecule has 0 aliphatic heterocycles. The van der Waals surface area contributed by atoms with Crippen molar-refractivity contribution in [1.29, 1.82) is 0 Å². The van der Waals surface area contributed by atoms with Gasteiger partial charge in [-0.15, -0.1) is 5.16 Å². The minimum Gasteiger partial charge on any atom is -0.411 e. The zero-order valence-electron chi connectivity index (χ0n) is 14.7. The van der Waals surface area contributed by atoms with Crippen LogP contribution in [0.2, 0.25) is 0 Å². The van der Waals surface area contributed by atoms with Crippen LogP contribution in [0, 0.1) is 18.6 Å². The monoisotopic (exact) mass is 429 g/mol. The largest absolute Gasteiger partial charge is 0.411 e. The molecule has 0 aromatic heterocycles. The Bertz CT molecular complexity index is 972. The molecule has 1 atom stereocenters. The van der Waals surface area contributed by atoms with Crippen LogP contribution in [-0.2, 0) is 5.41 Å². The molecule has 5 heteroatoms. The average molecular weight is 430 g/mol. The summed E-state index contributed by atoms with van der Waals surface area (Å²) < 4.78 is 30.0. The molecule has 0 amide bonds. The molecule has 0 radical (unpaired) electrons. The highest BCUT2D eigenvalue weighted by atomic mass is 79.9. The number of benzene rings is 3. The number of nitrogens with zero attached hydrogens (tertiary/aromatic N) is 1. The lowest BCUT2D eigenvalue weighted by Gasteiger charge is -2.36. The van der Waals surface area contributed by atoms with Crippen molar-refractivity contribution in [1.82, 2.24) is 0 Å². The molecule has 0 aliphatic rings. The molecule has 0 fully saturated rings. The summed E-state index contributed by atoms with van der Waals surface area (Å²) in [4.78, 5) is 0. The van der Waals surface area contributed by atoms with Crippen LogP contribution in [0.5, 0.6) is 0 Å². The first kappa shape index (κ1) is 19.2. The van der Waals surface area contributed by atoms with Gasteiger partial charge in [0.05, 0.1) is 5.41 Å². The fourth-order valence-corrected chi connectivity index (χ4v) is 3.85. The van der Waals surface area contributed by atoms with Crippen LogP contribution < -0.4 is 0 Å². The third kappa shape index (κ3) is 3.65. The summed E-state index contributed by atoms with van der Waals surface area (Å²) in [6.45, 7) is 1.93. The molecule has 1 unspecified atom stereocenters. The van der Waals surface area contributed by atoms with Gasteiger partial charge in [0, 0.05) is 22.7 Å². The molecular formula is C22H18BrF2NO. The fourth-order valence-electron chi connectivity index (χ4n) is 3.58. The third-order valence-corrected chi connectivity index (χ3v) is 5.34. The van der Waals surface area contributed by atoms with E-state index in [1.807, 2.05) is 55.5 Å². The maximum Gasteiger partial charge on any atom is 0.127 e. The van der Waals surface area contributed by atoms with E-state index < -0.39 is 17.0 Å². The van der Waals surface area contributed by atoms with Crippen molar-refractivity contribution in [2.24, 2.45) is 5.16 Å². The first-order valence-electron chi connectivity index (χ1n) is 8.42. The van der Waals surface area contributed by atoms with Crippen molar-refractivity contribution in [3.63, 3.8) is 0 Å². The van der Waals surface area contributed by atoms with Gasteiger partial charge >= 0.3 is 0 Å². The van der Waals surface area contributed by atoms with E-state index >= 15 is 0 Å². The standard InChI is InChI=1S/C22H18BrF2NO/c1-15-4-2-3-5-19(15)22(12-13-26-27,16-6-8-17(23)9-7-16)20-14-18(24)10-11-21(20)25/h2-11,13-14,27H,12H2,1H3/b26-13+. The molecule has 0 bridgehead atoms. The van der Waals surface area contributed by atoms with Crippen molar-refractivity contribution in [2.75, 3.05) is 0 Å². The van der Waals surface area contributed by atoms with Gasteiger partial charge in [0.2, 0.25) is 0 Å². The van der Waals surface area contributed by atoms with Crippen molar-refractivity contribution < 1.29 is 14.0 Å². The highest BCUT2D eigenvalue weighted by Crippen LogP contribution is 2.44. The molecule has 27 heavy (non-hydrogen) atoms. The Morgan fingerprint density at radius 2 is 1.70 bits per heavy atom. The molecule has 2 nitrogen and oxygen atoms in total. The Kier molecular flexibility index (Phi) is 5.71. The zero-order chi connectivity index (χ0) is 19.4. The number of oxime groups is 1. The van der Waals surface area contributed by atoms with E-state index in [9.17, 15) is 8.78 Å². The predicted octanol–water partition coefficient (Wildman–Crippen LogP) is 6.22. The molecule has 0 saturated carbocycles. The van der Waals surface area contributed by atoms with Gasteiger partial charge in [0.15, 0.2) is 0 Å². The third-order valence-electron chi connectivity index (χ3n) is 4.81. The van der Waals surface area contributed by atoms with E-state index in [1.54, 1.807) is 0 Å². The molecule has 0 heterocycles. The predicted molar refractivity (Wildman–Crippen MR) is 106 cm³/mol. The second-order valence-electron chi connectivity index (χ2n) is 6.35. The second-order valence-corrected chi connectivity index (χ2v) is 7.27. The summed E-state index contributed by atoms with van der Waals surface area (Å²) in [6, 6.07) is 18.5. The number of hydrogen-bond acceptors (Lipinski definition) is 2. The summed E-state index contributed by atoms with van der Waals surface area (Å²) in [5, 5.41) is 12.2. The Hall–Kier alpha value is -2.53. The van der Waals surface area contributed by atoms with E-state index in [2.05, 4.69) is 21.1 Å². The lowest BCUT2D eigenvalue weighted by Crippen LogP contribution is -2.32. The van der Waals surface area contributed by atoms with Gasteiger partial charge in [-0.25, -0.2) is 8.78 Å². The summed E-state index contributed by atoms with van der Waals surface area (Å²) in [5.74, 6) is -1.05. The Balaban J connectivity index is 2.43. The van der Waals surface area contributed by atoms with E-state index in [-0.39, 0.29) is 12.0 Å². The van der Waals surface area contributed by atoms with Crippen LogP contribution in [0.15, 0.2) is 76.4 Å². The molecule has 0 aliphatic carbocycles. The Labute approximate surface area is 165 Å². The molecule has 0 saturated heterocycles. The van der Waals surface area contributed by atoms with Gasteiger partial charge in [-0.05, 0) is 53.9 Å². The number of rotatable bonds is 5. The van der Waals surface area contributed by atoms with Crippen molar-refractivity contribution in [2.45, 2.75) is 18.8 Å². The first-order chi connectivity index (χ1) is 13.0. The quantitative estimate of drug-likeness (QED) is 0.222. The lowest BCUT2D eigenvalue weighted by molar-refractivity contribution is 0.319. The maximum atomic E-state index is 15.0. The molecule has 3 aromatic rings. The summed E-state index contributed by atoms with van der Waals surface area (Å²) in [7, 11) is 0. The van der Waals surface area contributed by atoms with Gasteiger partial charge < -0.3 is 5.21 Å². The lowest BCUT2D eigenvalue weighted by atomic mass is 9.66. The summed E-state index contributed by atoms with van der Waals surface area (Å²) >= 11 is 3.42. The van der Waals surface area contributed by atoms with Gasteiger partial charge in [-0.3, -0.25) is 0 Å². The SMILES string of the molecule is Cc1ccccc1C(C/C=N/O)(c1ccc(Br)cc1)c1cc(F)ccc1F. The van der Waals surface area contributed by atoms with Crippen molar-refractivity contribution >= 4 is 22.1 Å². The van der Waals surface area contributed by atoms with Crippen LogP contribution in [-0.4, -0.2) is 11.4 Å². The van der Waals surface area contributed by atoms with Crippen LogP contribution in [0.3, 0.4) is 0 Å². The highest BCUT2D eigenvalue weighted by molar-refractivity contribution is 9.10. The number of aryl methyl sites for hydroxylation is 1. The summed E-state index contributed by atoms with van der Waals surface area (Å²) in [5.41, 5.74) is 1.65. The molecule has 3 aromatic carbocycles. The number of hydrogen-bond donors (Lipinski definition) is 1. The molecule has 138 valence electrons. The van der Waals surface area contributed by atoms with Crippen LogP contribution >= 0.6 is 15.9 Å². The van der Waals surface area contributed by atoms with Gasteiger partial charge in [-0.2, -0.15) is 0 Å². The smallest absolute Gasteiger partial charge is 0.127 e. The minimum absolute atomic E-state index is 0.163. The topological polar surface area (TPSA) is 32.6 Å². The average Bonchev–Trinajstić information content (AvgIpc) is 2.67. The highest BCUT2D eigenvalue weighted by Gasteiger charge is 2.39. The maximum absolute atomic E-state index is 15.0. The van der Waals surface area contributed by atoms with E-state index in [4.69, 9.17) is 5.21 Å². The normalized spacial score (nSPS) is 13.6. The van der Waals surface area contributed by atoms with Crippen molar-refractivity contribution in [3.8, 4) is 0 Å². The second kappa shape index (κ2) is 8.01. The fraction of sp³-hybridized carbons (Fsp3) is 0.136. The molecule has 1 N–H and O–H groups in total. The zero-order valence-corrected chi connectivity index (χ0v) is 16.2. The van der Waals surface area contributed by atoms with E-state index in [0.717, 1.165) is 33.3 Å². The van der Waals surface area contributed by atoms with Crippen LogP contribution in [0.4, 0.5) is 8.78 Å². The van der Waals surface area contributed by atoms with Crippen molar-refractivity contribution in [3.05, 3.63) is 105 Å². The molecule has 0 spiro atoms. The van der Waals surface area contributed by atoms with Gasteiger partial charge in [-0.1, -0.05) is 52.3 Å². The first-order valence-corrected chi connectivity index (χ1v) is 9.22. The van der Waals surface area contributed by atoms with Crippen LogP contribution in [0.1, 0.15) is 28.7 Å². The number of halogens is 3. The van der Waals surface area contributed by atoms with E-state index in [1.165, 1.54) is 12.3 Å². The van der Waals surface area contributed by atoms with E-state index in [0.29, 0.717) is 0 Å². The Morgan fingerprint density at radius 1 is 1.00 bits per heavy atom. The van der Waals surface area contributed by atoms with Gasteiger partial charge in [0.1, 0.15) is 11.6 Å². The Morgan fingerprint density at radius 3 is 2.37 bits per heavy atom. The minimum atomic E-state index is -1.05. The van der Waals surface area contributed by atoms with Crippen LogP contribution in [0.25, 0.3) is 0 Å². The molecule has 3 rings (SSSR count). The van der Waals surface area contributed by atoms with Gasteiger partial charge in [0.25, 0.3) is 0 Å². The molecular weight excluding hydrogens is 412 g/mol. The summed E-state index contributed by atoms with van der Waals surface area (Å²) in [6.07, 6.45) is 1.48.